The number of benzene rings is 2. The fourth-order valence-corrected chi connectivity index (χ4v) is 2.73. The van der Waals surface area contributed by atoms with Crippen LogP contribution >= 0.6 is 11.8 Å². The molecule has 2 rings (SSSR count). The molecular weight excluding hydrogens is 226 g/mol. The van der Waals surface area contributed by atoms with Crippen LogP contribution in [0.3, 0.4) is 0 Å². The Hall–Kier alpha value is -1.41. The zero-order valence-corrected chi connectivity index (χ0v) is 10.8. The van der Waals surface area contributed by atoms with Crippen molar-refractivity contribution in [2.45, 2.75) is 17.7 Å². The second-order valence-corrected chi connectivity index (χ2v) is 5.29. The third-order valence-electron chi connectivity index (χ3n) is 2.73. The molecule has 0 amide bonds. The predicted octanol–water partition coefficient (Wildman–Crippen LogP) is 4.16. The molecule has 0 spiro atoms. The Morgan fingerprint density at radius 2 is 1.82 bits per heavy atom. The molecule has 2 aromatic rings. The monoisotopic (exact) mass is 243 g/mol. The first kappa shape index (κ1) is 12.1. The van der Waals surface area contributed by atoms with Crippen LogP contribution in [-0.2, 0) is 0 Å². The molecule has 0 heterocycles. The van der Waals surface area contributed by atoms with Gasteiger partial charge in [-0.05, 0) is 29.7 Å². The highest BCUT2D eigenvalue weighted by Gasteiger charge is 2.05. The van der Waals surface area contributed by atoms with Gasteiger partial charge in [0.05, 0.1) is 0 Å². The summed E-state index contributed by atoms with van der Waals surface area (Å²) in [6.45, 7) is 2.26. The summed E-state index contributed by atoms with van der Waals surface area (Å²) in [7, 11) is 0. The minimum absolute atomic E-state index is 0.558. The van der Waals surface area contributed by atoms with E-state index in [0.29, 0.717) is 5.92 Å². The van der Waals surface area contributed by atoms with E-state index in [0.717, 1.165) is 11.4 Å². The molecule has 1 unspecified atom stereocenters. The molecule has 2 N–H and O–H groups in total. The van der Waals surface area contributed by atoms with E-state index in [9.17, 15) is 0 Å². The van der Waals surface area contributed by atoms with Crippen LogP contribution in [0.1, 0.15) is 18.4 Å². The van der Waals surface area contributed by atoms with Crippen LogP contribution in [0.25, 0.3) is 0 Å². The van der Waals surface area contributed by atoms with Gasteiger partial charge in [0.1, 0.15) is 0 Å². The Labute approximate surface area is 107 Å². The van der Waals surface area contributed by atoms with Gasteiger partial charge < -0.3 is 5.73 Å². The molecule has 0 aliphatic carbocycles. The summed E-state index contributed by atoms with van der Waals surface area (Å²) in [6, 6.07) is 18.7. The van der Waals surface area contributed by atoms with Gasteiger partial charge in [-0.1, -0.05) is 43.3 Å². The fraction of sp³-hybridized carbons (Fsp3) is 0.200. The van der Waals surface area contributed by atoms with Gasteiger partial charge in [0.25, 0.3) is 0 Å². The number of rotatable bonds is 4. The maximum Gasteiger partial charge on any atom is 0.0325 e. The lowest BCUT2D eigenvalue weighted by atomic mass is 10.0. The zero-order valence-electron chi connectivity index (χ0n) is 9.97. The lowest BCUT2D eigenvalue weighted by molar-refractivity contribution is 0.880. The maximum atomic E-state index is 5.76. The number of nitrogens with two attached hydrogens (primary N) is 1. The molecule has 0 saturated heterocycles. The molecular formula is C15H17NS. The predicted molar refractivity (Wildman–Crippen MR) is 76.4 cm³/mol. The van der Waals surface area contributed by atoms with E-state index in [4.69, 9.17) is 5.73 Å². The van der Waals surface area contributed by atoms with Gasteiger partial charge in [0.2, 0.25) is 0 Å². The van der Waals surface area contributed by atoms with Gasteiger partial charge in [-0.25, -0.2) is 0 Å². The number of hydrogen-bond acceptors (Lipinski definition) is 2. The highest BCUT2D eigenvalue weighted by molar-refractivity contribution is 7.99. The second kappa shape index (κ2) is 5.78. The van der Waals surface area contributed by atoms with E-state index in [2.05, 4.69) is 43.3 Å². The number of thioether (sulfide) groups is 1. The summed E-state index contributed by atoms with van der Waals surface area (Å²) in [6.07, 6.45) is 0. The van der Waals surface area contributed by atoms with Gasteiger partial charge in [0.15, 0.2) is 0 Å². The summed E-state index contributed by atoms with van der Waals surface area (Å²) in [5.41, 5.74) is 7.99. The van der Waals surface area contributed by atoms with E-state index in [-0.39, 0.29) is 0 Å². The van der Waals surface area contributed by atoms with Gasteiger partial charge in [0, 0.05) is 16.3 Å². The van der Waals surface area contributed by atoms with Crippen LogP contribution in [0.2, 0.25) is 0 Å². The summed E-state index contributed by atoms with van der Waals surface area (Å²) < 4.78 is 0. The third kappa shape index (κ3) is 3.53. The van der Waals surface area contributed by atoms with E-state index in [1.807, 2.05) is 30.0 Å². The van der Waals surface area contributed by atoms with Gasteiger partial charge in [-0.15, -0.1) is 11.8 Å². The molecule has 0 bridgehead atoms. The van der Waals surface area contributed by atoms with Crippen LogP contribution < -0.4 is 5.73 Å². The fourth-order valence-electron chi connectivity index (χ4n) is 1.70. The maximum absolute atomic E-state index is 5.76. The van der Waals surface area contributed by atoms with Crippen molar-refractivity contribution in [2.24, 2.45) is 0 Å². The topological polar surface area (TPSA) is 26.0 Å². The minimum Gasteiger partial charge on any atom is -0.399 e. The Balaban J connectivity index is 1.95. The largest absolute Gasteiger partial charge is 0.399 e. The summed E-state index contributed by atoms with van der Waals surface area (Å²) in [5.74, 6) is 1.63. The quantitative estimate of drug-likeness (QED) is 0.644. The van der Waals surface area contributed by atoms with Crippen molar-refractivity contribution in [3.8, 4) is 0 Å². The average Bonchev–Trinajstić information content (AvgIpc) is 2.37. The van der Waals surface area contributed by atoms with Crippen LogP contribution in [0.5, 0.6) is 0 Å². The summed E-state index contributed by atoms with van der Waals surface area (Å²) >= 11 is 1.86. The summed E-state index contributed by atoms with van der Waals surface area (Å²) in [5, 5.41) is 0. The van der Waals surface area contributed by atoms with Crippen molar-refractivity contribution in [1.82, 2.24) is 0 Å². The van der Waals surface area contributed by atoms with E-state index < -0.39 is 0 Å². The first-order valence-electron chi connectivity index (χ1n) is 5.79. The van der Waals surface area contributed by atoms with Gasteiger partial charge >= 0.3 is 0 Å². The van der Waals surface area contributed by atoms with Crippen LogP contribution in [0, 0.1) is 0 Å². The van der Waals surface area contributed by atoms with Gasteiger partial charge in [-0.3, -0.25) is 0 Å². The number of anilines is 1. The first-order chi connectivity index (χ1) is 8.25. The second-order valence-electron chi connectivity index (χ2n) is 4.20. The minimum atomic E-state index is 0.558. The Morgan fingerprint density at radius 1 is 1.06 bits per heavy atom. The molecule has 0 aliphatic rings. The van der Waals surface area contributed by atoms with Crippen molar-refractivity contribution in [1.29, 1.82) is 0 Å². The summed E-state index contributed by atoms with van der Waals surface area (Å²) in [4.78, 5) is 1.24. The molecule has 2 aromatic carbocycles. The molecule has 1 nitrogen and oxygen atoms in total. The lowest BCUT2D eigenvalue weighted by Crippen LogP contribution is -1.96. The van der Waals surface area contributed by atoms with Crippen molar-refractivity contribution < 1.29 is 0 Å². The SMILES string of the molecule is CC(CSc1cccc(N)c1)c1ccccc1. The van der Waals surface area contributed by atoms with E-state index in [1.54, 1.807) is 0 Å². The van der Waals surface area contributed by atoms with E-state index >= 15 is 0 Å². The molecule has 0 aromatic heterocycles. The lowest BCUT2D eigenvalue weighted by Gasteiger charge is -2.11. The number of nitrogen functional groups attached to an aromatic ring is 1. The van der Waals surface area contributed by atoms with Crippen molar-refractivity contribution in [3.05, 3.63) is 60.2 Å². The normalized spacial score (nSPS) is 12.3. The smallest absolute Gasteiger partial charge is 0.0325 e. The molecule has 17 heavy (non-hydrogen) atoms. The van der Waals surface area contributed by atoms with Crippen LogP contribution in [0.15, 0.2) is 59.5 Å². The van der Waals surface area contributed by atoms with Crippen molar-refractivity contribution in [3.63, 3.8) is 0 Å². The highest BCUT2D eigenvalue weighted by Crippen LogP contribution is 2.26. The van der Waals surface area contributed by atoms with E-state index in [1.165, 1.54) is 10.5 Å². The molecule has 0 saturated carbocycles. The zero-order chi connectivity index (χ0) is 12.1. The highest BCUT2D eigenvalue weighted by atomic mass is 32.2. The Morgan fingerprint density at radius 3 is 2.53 bits per heavy atom. The van der Waals surface area contributed by atoms with Crippen molar-refractivity contribution in [2.75, 3.05) is 11.5 Å². The van der Waals surface area contributed by atoms with Crippen LogP contribution in [0.4, 0.5) is 5.69 Å². The molecule has 2 heteroatoms. The molecule has 0 fully saturated rings. The Bertz CT molecular complexity index is 467. The Kier molecular flexibility index (Phi) is 4.10. The van der Waals surface area contributed by atoms with Crippen molar-refractivity contribution >= 4 is 17.4 Å². The average molecular weight is 243 g/mol. The molecule has 0 aliphatic heterocycles. The third-order valence-corrected chi connectivity index (χ3v) is 3.98. The number of hydrogen-bond donors (Lipinski definition) is 1. The standard InChI is InChI=1S/C15H17NS/c1-12(13-6-3-2-4-7-13)11-17-15-9-5-8-14(16)10-15/h2-10,12H,11,16H2,1H3. The van der Waals surface area contributed by atoms with Gasteiger partial charge in [-0.2, -0.15) is 0 Å². The molecule has 0 radical (unpaired) electrons. The first-order valence-corrected chi connectivity index (χ1v) is 6.77. The molecule has 1 atom stereocenters. The van der Waals surface area contributed by atoms with Crippen LogP contribution in [-0.4, -0.2) is 5.75 Å². The molecule has 88 valence electrons.